The van der Waals surface area contributed by atoms with Gasteiger partial charge in [-0.05, 0) is 58.0 Å². The lowest BCUT2D eigenvalue weighted by Gasteiger charge is -2.21. The van der Waals surface area contributed by atoms with Gasteiger partial charge >= 0.3 is 5.97 Å². The summed E-state index contributed by atoms with van der Waals surface area (Å²) < 4.78 is 0. The highest BCUT2D eigenvalue weighted by atomic mass is 16.4. The molecule has 0 saturated carbocycles. The van der Waals surface area contributed by atoms with Gasteiger partial charge in [-0.25, -0.2) is 0 Å². The highest BCUT2D eigenvalue weighted by Crippen LogP contribution is 2.11. The molecule has 0 saturated heterocycles. The first kappa shape index (κ1) is 31.1. The maximum absolute atomic E-state index is 10.5. The number of unbranched alkanes of at least 4 members (excludes halogenated alkanes) is 16. The van der Waals surface area contributed by atoms with Crippen molar-refractivity contribution in [2.75, 3.05) is 26.2 Å². The SMILES string of the molecule is CCCCCCCC/C=C\CCCCCCCCN(CCO)CCCCCCCC(=O)O. The number of hydrogen-bond donors (Lipinski definition) is 2. The van der Waals surface area contributed by atoms with E-state index in [1.54, 1.807) is 0 Å². The molecule has 0 rings (SSSR count). The molecule has 32 heavy (non-hydrogen) atoms. The topological polar surface area (TPSA) is 60.8 Å². The number of aliphatic carboxylic acids is 1. The Hall–Kier alpha value is -0.870. The summed E-state index contributed by atoms with van der Waals surface area (Å²) in [6.45, 7) is 5.46. The van der Waals surface area contributed by atoms with Crippen LogP contribution in [0.1, 0.15) is 135 Å². The third-order valence-electron chi connectivity index (χ3n) is 6.27. The van der Waals surface area contributed by atoms with Crippen LogP contribution in [0.4, 0.5) is 0 Å². The second-order valence-electron chi connectivity index (χ2n) is 9.41. The minimum absolute atomic E-state index is 0.241. The van der Waals surface area contributed by atoms with Crippen molar-refractivity contribution in [3.8, 4) is 0 Å². The van der Waals surface area contributed by atoms with E-state index in [0.29, 0.717) is 6.42 Å². The summed E-state index contributed by atoms with van der Waals surface area (Å²) in [5, 5.41) is 17.9. The summed E-state index contributed by atoms with van der Waals surface area (Å²) >= 11 is 0. The number of hydrogen-bond acceptors (Lipinski definition) is 3. The number of carbonyl (C=O) groups is 1. The third-order valence-corrected chi connectivity index (χ3v) is 6.27. The Balaban J connectivity index is 3.44. The fraction of sp³-hybridized carbons (Fsp3) is 0.893. The van der Waals surface area contributed by atoms with Crippen LogP contribution in [0.25, 0.3) is 0 Å². The number of carboxylic acid groups (broad SMARTS) is 1. The van der Waals surface area contributed by atoms with Crippen LogP contribution in [0.2, 0.25) is 0 Å². The summed E-state index contributed by atoms with van der Waals surface area (Å²) in [6, 6.07) is 0. The summed E-state index contributed by atoms with van der Waals surface area (Å²) in [5.41, 5.74) is 0. The Morgan fingerprint density at radius 2 is 1.06 bits per heavy atom. The van der Waals surface area contributed by atoms with E-state index in [0.717, 1.165) is 51.7 Å². The van der Waals surface area contributed by atoms with Gasteiger partial charge in [0, 0.05) is 13.0 Å². The monoisotopic (exact) mass is 453 g/mol. The zero-order chi connectivity index (χ0) is 23.5. The van der Waals surface area contributed by atoms with E-state index < -0.39 is 5.97 Å². The second-order valence-corrected chi connectivity index (χ2v) is 9.41. The van der Waals surface area contributed by atoms with Gasteiger partial charge in [0.25, 0.3) is 0 Å². The Kier molecular flexibility index (Phi) is 25.7. The molecule has 4 heteroatoms. The van der Waals surface area contributed by atoms with Gasteiger partial charge in [0.15, 0.2) is 0 Å². The predicted molar refractivity (Wildman–Crippen MR) is 138 cm³/mol. The van der Waals surface area contributed by atoms with E-state index in [2.05, 4.69) is 24.0 Å². The molecule has 0 heterocycles. The molecule has 0 spiro atoms. The maximum Gasteiger partial charge on any atom is 0.303 e. The molecule has 0 radical (unpaired) electrons. The Morgan fingerprint density at radius 1 is 0.625 bits per heavy atom. The zero-order valence-electron chi connectivity index (χ0n) is 21.4. The van der Waals surface area contributed by atoms with Crippen LogP contribution in [-0.4, -0.2) is 47.3 Å². The molecule has 0 aromatic heterocycles. The van der Waals surface area contributed by atoms with Crippen LogP contribution in [0.3, 0.4) is 0 Å². The third kappa shape index (κ3) is 25.4. The molecule has 0 fully saturated rings. The van der Waals surface area contributed by atoms with Gasteiger partial charge in [-0.1, -0.05) is 96.1 Å². The maximum atomic E-state index is 10.5. The first-order valence-corrected chi connectivity index (χ1v) is 13.9. The molecule has 2 N–H and O–H groups in total. The standard InChI is InChI=1S/C28H55NO3/c1-2-3-4-5-6-7-8-9-10-11-12-13-14-15-18-21-24-29(26-27-30)25-22-19-16-17-20-23-28(31)32/h9-10,30H,2-8,11-27H2,1H3,(H,31,32)/b10-9-. The molecule has 0 aliphatic rings. The highest BCUT2D eigenvalue weighted by molar-refractivity contribution is 5.66. The van der Waals surface area contributed by atoms with E-state index in [1.165, 1.54) is 89.9 Å². The van der Waals surface area contributed by atoms with Crippen molar-refractivity contribution < 1.29 is 15.0 Å². The van der Waals surface area contributed by atoms with Crippen molar-refractivity contribution in [3.63, 3.8) is 0 Å². The minimum Gasteiger partial charge on any atom is -0.481 e. The van der Waals surface area contributed by atoms with E-state index >= 15 is 0 Å². The first-order chi connectivity index (χ1) is 15.7. The molecule has 0 aliphatic carbocycles. The van der Waals surface area contributed by atoms with E-state index in [4.69, 9.17) is 5.11 Å². The molecule has 0 amide bonds. The lowest BCUT2D eigenvalue weighted by Crippen LogP contribution is -2.29. The largest absolute Gasteiger partial charge is 0.481 e. The van der Waals surface area contributed by atoms with Gasteiger partial charge in [-0.15, -0.1) is 0 Å². The number of carboxylic acids is 1. The second kappa shape index (κ2) is 26.4. The summed E-state index contributed by atoms with van der Waals surface area (Å²) in [4.78, 5) is 12.9. The van der Waals surface area contributed by atoms with Crippen LogP contribution in [0.5, 0.6) is 0 Å². The first-order valence-electron chi connectivity index (χ1n) is 13.9. The van der Waals surface area contributed by atoms with Crippen LogP contribution in [0, 0.1) is 0 Å². The zero-order valence-corrected chi connectivity index (χ0v) is 21.4. The van der Waals surface area contributed by atoms with Crippen molar-refractivity contribution in [2.45, 2.75) is 135 Å². The van der Waals surface area contributed by atoms with Crippen LogP contribution in [0.15, 0.2) is 12.2 Å². The fourth-order valence-corrected chi connectivity index (χ4v) is 4.20. The Morgan fingerprint density at radius 3 is 1.53 bits per heavy atom. The molecule has 190 valence electrons. The lowest BCUT2D eigenvalue weighted by atomic mass is 10.1. The molecule has 0 bridgehead atoms. The Bertz CT molecular complexity index is 411. The van der Waals surface area contributed by atoms with Gasteiger partial charge in [-0.3, -0.25) is 4.79 Å². The van der Waals surface area contributed by atoms with Crippen molar-refractivity contribution in [1.29, 1.82) is 0 Å². The van der Waals surface area contributed by atoms with Gasteiger partial charge in [-0.2, -0.15) is 0 Å². The van der Waals surface area contributed by atoms with Crippen molar-refractivity contribution >= 4 is 5.97 Å². The molecular formula is C28H55NO3. The van der Waals surface area contributed by atoms with Gasteiger partial charge in [0.2, 0.25) is 0 Å². The van der Waals surface area contributed by atoms with Gasteiger partial charge in [0.05, 0.1) is 6.61 Å². The van der Waals surface area contributed by atoms with Crippen molar-refractivity contribution in [3.05, 3.63) is 12.2 Å². The van der Waals surface area contributed by atoms with E-state index in [-0.39, 0.29) is 6.61 Å². The van der Waals surface area contributed by atoms with E-state index in [1.807, 2.05) is 0 Å². The van der Waals surface area contributed by atoms with Crippen LogP contribution < -0.4 is 0 Å². The molecule has 4 nitrogen and oxygen atoms in total. The number of aliphatic hydroxyl groups excluding tert-OH is 1. The minimum atomic E-state index is -0.685. The molecule has 0 aliphatic heterocycles. The lowest BCUT2D eigenvalue weighted by molar-refractivity contribution is -0.137. The molecular weight excluding hydrogens is 398 g/mol. The summed E-state index contributed by atoms with van der Waals surface area (Å²) in [5.74, 6) is -0.685. The van der Waals surface area contributed by atoms with Gasteiger partial charge < -0.3 is 15.1 Å². The van der Waals surface area contributed by atoms with Crippen molar-refractivity contribution in [1.82, 2.24) is 4.90 Å². The molecule has 0 atom stereocenters. The smallest absolute Gasteiger partial charge is 0.303 e. The number of allylic oxidation sites excluding steroid dienone is 2. The molecule has 0 aromatic rings. The van der Waals surface area contributed by atoms with Crippen LogP contribution >= 0.6 is 0 Å². The van der Waals surface area contributed by atoms with Crippen molar-refractivity contribution in [2.24, 2.45) is 0 Å². The fourth-order valence-electron chi connectivity index (χ4n) is 4.20. The molecule has 0 unspecified atom stereocenters. The predicted octanol–water partition coefficient (Wildman–Crippen LogP) is 7.74. The number of nitrogens with zero attached hydrogens (tertiary/aromatic N) is 1. The quantitative estimate of drug-likeness (QED) is 0.104. The number of rotatable bonds is 26. The summed E-state index contributed by atoms with van der Waals surface area (Å²) in [6.07, 6.45) is 29.1. The van der Waals surface area contributed by atoms with Gasteiger partial charge in [0.1, 0.15) is 0 Å². The normalized spacial score (nSPS) is 11.7. The van der Waals surface area contributed by atoms with E-state index in [9.17, 15) is 9.90 Å². The molecule has 0 aromatic carbocycles. The summed E-state index contributed by atoms with van der Waals surface area (Å²) in [7, 11) is 0. The Labute approximate surface area is 199 Å². The number of aliphatic hydroxyl groups is 1. The average molecular weight is 454 g/mol. The highest BCUT2D eigenvalue weighted by Gasteiger charge is 2.04. The van der Waals surface area contributed by atoms with Crippen LogP contribution in [-0.2, 0) is 4.79 Å². The average Bonchev–Trinajstić information content (AvgIpc) is 2.77.